The van der Waals surface area contributed by atoms with E-state index < -0.39 is 5.54 Å². The number of hydrogen-bond donors (Lipinski definition) is 3. The first-order valence-corrected chi connectivity index (χ1v) is 11.2. The van der Waals surface area contributed by atoms with Crippen LogP contribution in [-0.2, 0) is 15.1 Å². The van der Waals surface area contributed by atoms with E-state index in [0.29, 0.717) is 6.54 Å². The number of carbonyl (C=O) groups excluding carboxylic acids is 2. The Hall–Kier alpha value is -3.93. The molecule has 2 aliphatic rings. The molecule has 1 aliphatic heterocycles. The molecule has 0 aromatic heterocycles. The molecule has 0 spiro atoms. The molecule has 1 saturated carbocycles. The second kappa shape index (κ2) is 8.54. The second-order valence-electron chi connectivity index (χ2n) is 8.56. The van der Waals surface area contributed by atoms with E-state index in [0.717, 1.165) is 17.5 Å². The van der Waals surface area contributed by atoms with E-state index >= 15 is 0 Å². The molecule has 166 valence electrons. The first-order chi connectivity index (χ1) is 16.1. The fourth-order valence-corrected chi connectivity index (χ4v) is 4.73. The largest absolute Gasteiger partial charge is 0.354 e. The Kier molecular flexibility index (Phi) is 5.42. The van der Waals surface area contributed by atoms with Crippen LogP contribution in [0, 0.1) is 11.3 Å². The molecule has 5 rings (SSSR count). The minimum Gasteiger partial charge on any atom is -0.354 e. The highest BCUT2D eigenvalue weighted by atomic mass is 16.2. The Bertz CT molecular complexity index is 1130. The number of amides is 2. The van der Waals surface area contributed by atoms with Crippen LogP contribution in [0.15, 0.2) is 91.0 Å². The van der Waals surface area contributed by atoms with Crippen molar-refractivity contribution in [2.24, 2.45) is 5.92 Å². The van der Waals surface area contributed by atoms with Crippen LogP contribution in [0.1, 0.15) is 29.0 Å². The predicted molar refractivity (Wildman–Crippen MR) is 127 cm³/mol. The molecule has 6 heteroatoms. The van der Waals surface area contributed by atoms with E-state index in [-0.39, 0.29) is 36.2 Å². The van der Waals surface area contributed by atoms with Crippen LogP contribution in [0.4, 0.5) is 0 Å². The monoisotopic (exact) mass is 438 g/mol. The first-order valence-electron chi connectivity index (χ1n) is 11.2. The summed E-state index contributed by atoms with van der Waals surface area (Å²) in [5, 5.41) is 14.6. The Labute approximate surface area is 193 Å². The van der Waals surface area contributed by atoms with Crippen LogP contribution in [0.3, 0.4) is 0 Å². The molecule has 33 heavy (non-hydrogen) atoms. The van der Waals surface area contributed by atoms with Crippen molar-refractivity contribution in [1.29, 1.82) is 5.41 Å². The van der Waals surface area contributed by atoms with E-state index in [1.807, 2.05) is 78.9 Å². The molecular formula is C27H26N4O2. The van der Waals surface area contributed by atoms with Crippen LogP contribution in [-0.4, -0.2) is 35.8 Å². The van der Waals surface area contributed by atoms with Gasteiger partial charge in [-0.15, -0.1) is 0 Å². The Morgan fingerprint density at radius 2 is 1.48 bits per heavy atom. The summed E-state index contributed by atoms with van der Waals surface area (Å²) in [5.41, 5.74) is 1.59. The lowest BCUT2D eigenvalue weighted by Gasteiger charge is -2.28. The minimum absolute atomic E-state index is 0.00682. The SMILES string of the molecule is N=C1NC(c2ccccc2)(c2ccccc2)C(=O)N1CCNC(=O)C1C[C@H]1c1ccccc1. The van der Waals surface area contributed by atoms with Crippen molar-refractivity contribution in [1.82, 2.24) is 15.5 Å². The van der Waals surface area contributed by atoms with Gasteiger partial charge < -0.3 is 10.6 Å². The maximum atomic E-state index is 13.7. The van der Waals surface area contributed by atoms with Gasteiger partial charge in [-0.1, -0.05) is 91.0 Å². The number of nitrogens with zero attached hydrogens (tertiary/aromatic N) is 1. The number of carbonyl (C=O) groups is 2. The van der Waals surface area contributed by atoms with Gasteiger partial charge in [-0.2, -0.15) is 0 Å². The van der Waals surface area contributed by atoms with Crippen molar-refractivity contribution in [2.45, 2.75) is 17.9 Å². The quantitative estimate of drug-likeness (QED) is 0.530. The van der Waals surface area contributed by atoms with Crippen LogP contribution >= 0.6 is 0 Å². The smallest absolute Gasteiger partial charge is 0.264 e. The summed E-state index contributed by atoms with van der Waals surface area (Å²) in [4.78, 5) is 27.7. The van der Waals surface area contributed by atoms with Gasteiger partial charge in [0, 0.05) is 19.0 Å². The van der Waals surface area contributed by atoms with E-state index in [9.17, 15) is 9.59 Å². The first kappa shape index (κ1) is 20.9. The molecule has 3 N–H and O–H groups in total. The van der Waals surface area contributed by atoms with Crippen molar-refractivity contribution in [3.8, 4) is 0 Å². The van der Waals surface area contributed by atoms with Crippen molar-refractivity contribution in [3.63, 3.8) is 0 Å². The van der Waals surface area contributed by atoms with Crippen molar-refractivity contribution < 1.29 is 9.59 Å². The number of hydrogen-bond acceptors (Lipinski definition) is 3. The van der Waals surface area contributed by atoms with Gasteiger partial charge in [-0.25, -0.2) is 0 Å². The van der Waals surface area contributed by atoms with E-state index in [1.54, 1.807) is 0 Å². The lowest BCUT2D eigenvalue weighted by molar-refractivity contribution is -0.130. The van der Waals surface area contributed by atoms with Gasteiger partial charge in [0.05, 0.1) is 0 Å². The van der Waals surface area contributed by atoms with Gasteiger partial charge in [-0.3, -0.25) is 19.9 Å². The van der Waals surface area contributed by atoms with Gasteiger partial charge in [-0.05, 0) is 29.0 Å². The van der Waals surface area contributed by atoms with Crippen molar-refractivity contribution in [3.05, 3.63) is 108 Å². The maximum absolute atomic E-state index is 13.7. The van der Waals surface area contributed by atoms with E-state index in [2.05, 4.69) is 22.8 Å². The van der Waals surface area contributed by atoms with Crippen LogP contribution < -0.4 is 10.6 Å². The molecule has 3 aromatic carbocycles. The van der Waals surface area contributed by atoms with Crippen molar-refractivity contribution in [2.75, 3.05) is 13.1 Å². The summed E-state index contributed by atoms with van der Waals surface area (Å²) in [6.45, 7) is 0.535. The number of nitrogens with one attached hydrogen (secondary N) is 3. The molecule has 2 fully saturated rings. The number of guanidine groups is 1. The molecule has 1 aliphatic carbocycles. The Balaban J connectivity index is 1.28. The molecule has 0 bridgehead atoms. The van der Waals surface area contributed by atoms with Gasteiger partial charge in [0.1, 0.15) is 0 Å². The summed E-state index contributed by atoms with van der Waals surface area (Å²) < 4.78 is 0. The van der Waals surface area contributed by atoms with Crippen LogP contribution in [0.25, 0.3) is 0 Å². The summed E-state index contributed by atoms with van der Waals surface area (Å²) >= 11 is 0. The molecule has 1 saturated heterocycles. The maximum Gasteiger partial charge on any atom is 0.264 e. The number of rotatable bonds is 7. The standard InChI is InChI=1S/C27H26N4O2/c28-26-30-27(20-12-6-2-7-13-20,21-14-8-3-9-15-21)25(33)31(26)17-16-29-24(32)23-18-22(23)19-10-4-1-5-11-19/h1-15,22-23H,16-18H2,(H2,28,30)(H,29,32)/t22-,23?/m0/s1. The highest BCUT2D eigenvalue weighted by molar-refractivity contribution is 6.10. The Morgan fingerprint density at radius 3 is 2.06 bits per heavy atom. The molecule has 1 unspecified atom stereocenters. The lowest BCUT2D eigenvalue weighted by atomic mass is 9.82. The molecule has 1 heterocycles. The summed E-state index contributed by atoms with van der Waals surface area (Å²) in [7, 11) is 0. The van der Waals surface area contributed by atoms with Crippen LogP contribution in [0.2, 0.25) is 0 Å². The average molecular weight is 439 g/mol. The van der Waals surface area contributed by atoms with Gasteiger partial charge >= 0.3 is 0 Å². The zero-order valence-electron chi connectivity index (χ0n) is 18.2. The third kappa shape index (κ3) is 3.78. The molecule has 2 amide bonds. The van der Waals surface area contributed by atoms with Crippen LogP contribution in [0.5, 0.6) is 0 Å². The third-order valence-corrected chi connectivity index (χ3v) is 6.54. The molecule has 3 aromatic rings. The van der Waals surface area contributed by atoms with Gasteiger partial charge in [0.25, 0.3) is 5.91 Å². The van der Waals surface area contributed by atoms with Gasteiger partial charge in [0.15, 0.2) is 11.5 Å². The average Bonchev–Trinajstić information content (AvgIpc) is 3.63. The molecule has 6 nitrogen and oxygen atoms in total. The lowest BCUT2D eigenvalue weighted by Crippen LogP contribution is -2.45. The fraction of sp³-hybridized carbons (Fsp3) is 0.222. The van der Waals surface area contributed by atoms with E-state index in [1.165, 1.54) is 10.5 Å². The normalized spacial score (nSPS) is 20.9. The zero-order valence-corrected chi connectivity index (χ0v) is 18.2. The second-order valence-corrected chi connectivity index (χ2v) is 8.56. The zero-order chi connectivity index (χ0) is 22.8. The fourth-order valence-electron chi connectivity index (χ4n) is 4.73. The summed E-state index contributed by atoms with van der Waals surface area (Å²) in [6.07, 6.45) is 0.848. The highest BCUT2D eigenvalue weighted by Crippen LogP contribution is 2.47. The molecule has 0 radical (unpaired) electrons. The topological polar surface area (TPSA) is 85.3 Å². The molecular weight excluding hydrogens is 412 g/mol. The molecule has 2 atom stereocenters. The third-order valence-electron chi connectivity index (χ3n) is 6.54. The predicted octanol–water partition coefficient (Wildman–Crippen LogP) is 3.22. The number of benzene rings is 3. The highest BCUT2D eigenvalue weighted by Gasteiger charge is 2.52. The van der Waals surface area contributed by atoms with E-state index in [4.69, 9.17) is 5.41 Å². The summed E-state index contributed by atoms with van der Waals surface area (Å²) in [6, 6.07) is 29.0. The minimum atomic E-state index is -1.15. The summed E-state index contributed by atoms with van der Waals surface area (Å²) in [5.74, 6) is 0.0750. The van der Waals surface area contributed by atoms with Gasteiger partial charge in [0.2, 0.25) is 5.91 Å². The Morgan fingerprint density at radius 1 is 0.939 bits per heavy atom. The van der Waals surface area contributed by atoms with Crippen molar-refractivity contribution >= 4 is 17.8 Å².